The largest absolute Gasteiger partial charge is 0.196 e. The van der Waals surface area contributed by atoms with Crippen LogP contribution in [0.2, 0.25) is 0 Å². The molecule has 0 unspecified atom stereocenters. The zero-order valence-electron chi connectivity index (χ0n) is 4.29. The van der Waals surface area contributed by atoms with Gasteiger partial charge in [-0.1, -0.05) is 46.4 Å². The van der Waals surface area contributed by atoms with E-state index in [-0.39, 0.29) is 0 Å². The first-order valence-corrected chi connectivity index (χ1v) is 4.79. The van der Waals surface area contributed by atoms with Crippen LogP contribution in [0.4, 0.5) is 0 Å². The molecule has 0 radical (unpaired) electrons. The Kier molecular flexibility index (Phi) is 4.67. The monoisotopic (exact) mass is 280 g/mol. The maximum Gasteiger partial charge on any atom is 0.196 e. The molecule has 62 valence electrons. The number of alkyl halides is 6. The molecule has 0 saturated carbocycles. The summed E-state index contributed by atoms with van der Waals surface area (Å²) in [5.41, 5.74) is 0. The van der Waals surface area contributed by atoms with Gasteiger partial charge < -0.3 is 0 Å². The summed E-state index contributed by atoms with van der Waals surface area (Å²) in [6, 6.07) is 0. The Morgan fingerprint density at radius 3 is 1.30 bits per heavy atom. The van der Waals surface area contributed by atoms with Crippen LogP contribution >= 0.6 is 82.2 Å². The lowest BCUT2D eigenvalue weighted by molar-refractivity contribution is 0.876. The van der Waals surface area contributed by atoms with Gasteiger partial charge in [-0.2, -0.15) is 0 Å². The average molecular weight is 283 g/mol. The molecular formula is C3H2Cl6S. The third-order valence-corrected chi connectivity index (χ3v) is 4.38. The molecule has 0 spiro atoms. The second-order valence-corrected chi connectivity index (χ2v) is 6.47. The molecular weight excluding hydrogens is 281 g/mol. The van der Waals surface area contributed by atoms with Gasteiger partial charge in [0.2, 0.25) is 0 Å². The Balaban J connectivity index is 4.40. The van der Waals surface area contributed by atoms with E-state index >= 15 is 0 Å². The highest BCUT2D eigenvalue weighted by molar-refractivity contribution is 7.85. The summed E-state index contributed by atoms with van der Waals surface area (Å²) in [5, 5.41) is 0. The van der Waals surface area contributed by atoms with Crippen molar-refractivity contribution in [1.82, 2.24) is 0 Å². The summed E-state index contributed by atoms with van der Waals surface area (Å²) in [7, 11) is 0. The smallest absolute Gasteiger partial charge is 0.138 e. The number of thiol groups is 1. The van der Waals surface area contributed by atoms with E-state index in [2.05, 4.69) is 12.6 Å². The van der Waals surface area contributed by atoms with Crippen molar-refractivity contribution in [2.75, 3.05) is 0 Å². The van der Waals surface area contributed by atoms with Crippen molar-refractivity contribution < 1.29 is 0 Å². The lowest BCUT2D eigenvalue weighted by Gasteiger charge is -2.28. The van der Waals surface area contributed by atoms with Gasteiger partial charge in [0, 0.05) is 0 Å². The van der Waals surface area contributed by atoms with Crippen molar-refractivity contribution in [1.29, 1.82) is 0 Å². The van der Waals surface area contributed by atoms with Crippen LogP contribution in [0.25, 0.3) is 0 Å². The van der Waals surface area contributed by atoms with Crippen LogP contribution < -0.4 is 0 Å². The van der Waals surface area contributed by atoms with Crippen LogP contribution in [0.15, 0.2) is 0 Å². The minimum absolute atomic E-state index is 1.11. The highest BCUT2D eigenvalue weighted by Gasteiger charge is 2.49. The van der Waals surface area contributed by atoms with Gasteiger partial charge >= 0.3 is 0 Å². The Bertz CT molecular complexity index is 115. The molecule has 0 aliphatic rings. The van der Waals surface area contributed by atoms with E-state index in [9.17, 15) is 0 Å². The van der Waals surface area contributed by atoms with Crippen LogP contribution in [0.1, 0.15) is 0 Å². The highest BCUT2D eigenvalue weighted by Crippen LogP contribution is 2.50. The van der Waals surface area contributed by atoms with Gasteiger partial charge in [-0.25, -0.2) is 0 Å². The van der Waals surface area contributed by atoms with E-state index in [0.717, 1.165) is 0 Å². The minimum Gasteiger partial charge on any atom is -0.138 e. The lowest BCUT2D eigenvalue weighted by atomic mass is 10.5. The summed E-state index contributed by atoms with van der Waals surface area (Å²) >= 11 is 36.2. The summed E-state index contributed by atoms with van der Waals surface area (Å²) in [6.07, 6.45) is 0. The van der Waals surface area contributed by atoms with Gasteiger partial charge in [0.15, 0.2) is 8.00 Å². The first-order valence-electron chi connectivity index (χ1n) is 1.95. The summed E-state index contributed by atoms with van der Waals surface area (Å²) in [5.74, 6) is 0. The Hall–Kier alpha value is 2.09. The van der Waals surface area contributed by atoms with Gasteiger partial charge in [0.25, 0.3) is 0 Å². The molecule has 0 aromatic rings. The molecule has 0 fully saturated rings. The molecule has 0 atom stereocenters. The number of hydrogen-bond donors (Lipinski definition) is 1. The molecule has 0 bridgehead atoms. The standard InChI is InChI=1S/C3H2Cl6S/c4-1(5)2(6,7)3(8,9)10/h1,10H. The van der Waals surface area contributed by atoms with Crippen molar-refractivity contribution >= 4 is 82.2 Å². The van der Waals surface area contributed by atoms with Crippen LogP contribution in [-0.4, -0.2) is 12.8 Å². The highest BCUT2D eigenvalue weighted by atomic mass is 35.5. The van der Waals surface area contributed by atoms with Gasteiger partial charge in [-0.15, -0.1) is 35.8 Å². The number of halogens is 6. The van der Waals surface area contributed by atoms with E-state index in [1.54, 1.807) is 0 Å². The molecule has 0 saturated heterocycles. The molecule has 0 aliphatic heterocycles. The molecule has 0 heterocycles. The molecule has 0 rings (SSSR count). The SMILES string of the molecule is SC(Cl)(Cl)C(Cl)(Cl)C(Cl)Cl. The fraction of sp³-hybridized carbons (Fsp3) is 1.00. The molecule has 0 aromatic carbocycles. The summed E-state index contributed by atoms with van der Waals surface area (Å²) < 4.78 is -3.37. The summed E-state index contributed by atoms with van der Waals surface area (Å²) in [6.45, 7) is 0. The molecule has 0 amide bonds. The first kappa shape index (κ1) is 12.1. The number of hydrogen-bond acceptors (Lipinski definition) is 1. The van der Waals surface area contributed by atoms with Gasteiger partial charge in [-0.05, 0) is 0 Å². The molecule has 0 nitrogen and oxygen atoms in total. The third-order valence-electron chi connectivity index (χ3n) is 0.675. The number of rotatable bonds is 2. The average Bonchev–Trinajstić information content (AvgIpc) is 1.62. The van der Waals surface area contributed by atoms with Gasteiger partial charge in [0.1, 0.15) is 4.84 Å². The van der Waals surface area contributed by atoms with E-state index < -0.39 is 12.8 Å². The maximum absolute atomic E-state index is 5.51. The molecule has 0 N–H and O–H groups in total. The van der Waals surface area contributed by atoms with Crippen LogP contribution in [0, 0.1) is 0 Å². The molecule has 0 aliphatic carbocycles. The van der Waals surface area contributed by atoms with Crippen molar-refractivity contribution in [3.63, 3.8) is 0 Å². The zero-order valence-corrected chi connectivity index (χ0v) is 9.72. The predicted molar refractivity (Wildman–Crippen MR) is 53.4 cm³/mol. The lowest BCUT2D eigenvalue weighted by Crippen LogP contribution is -2.37. The Morgan fingerprint density at radius 1 is 1.00 bits per heavy atom. The van der Waals surface area contributed by atoms with E-state index in [1.165, 1.54) is 0 Å². The minimum atomic E-state index is -1.69. The van der Waals surface area contributed by atoms with Gasteiger partial charge in [0.05, 0.1) is 0 Å². The van der Waals surface area contributed by atoms with Crippen LogP contribution in [0.3, 0.4) is 0 Å². The predicted octanol–water partition coefficient (Wildman–Crippen LogP) is 4.03. The zero-order chi connectivity index (χ0) is 8.58. The van der Waals surface area contributed by atoms with E-state index in [4.69, 9.17) is 69.6 Å². The molecule has 10 heavy (non-hydrogen) atoms. The second-order valence-electron chi connectivity index (χ2n) is 1.46. The van der Waals surface area contributed by atoms with Crippen LogP contribution in [0.5, 0.6) is 0 Å². The first-order chi connectivity index (χ1) is 4.19. The fourth-order valence-corrected chi connectivity index (χ4v) is 1.18. The molecule has 0 aromatic heterocycles. The van der Waals surface area contributed by atoms with Crippen molar-refractivity contribution in [2.24, 2.45) is 0 Å². The van der Waals surface area contributed by atoms with Gasteiger partial charge in [-0.3, -0.25) is 0 Å². The van der Waals surface area contributed by atoms with Crippen molar-refractivity contribution in [3.05, 3.63) is 0 Å². The van der Waals surface area contributed by atoms with Crippen molar-refractivity contribution in [3.8, 4) is 0 Å². The normalized spacial score (nSPS) is 14.4. The fourth-order valence-electron chi connectivity index (χ4n) is 0.131. The molecule has 7 heteroatoms. The topological polar surface area (TPSA) is 0 Å². The summed E-state index contributed by atoms with van der Waals surface area (Å²) in [4.78, 5) is -1.11. The van der Waals surface area contributed by atoms with Crippen molar-refractivity contribution in [2.45, 2.75) is 12.8 Å². The Labute approximate surface area is 94.4 Å². The van der Waals surface area contributed by atoms with E-state index in [1.807, 2.05) is 0 Å². The Morgan fingerprint density at radius 2 is 1.30 bits per heavy atom. The van der Waals surface area contributed by atoms with E-state index in [0.29, 0.717) is 0 Å². The second kappa shape index (κ2) is 3.87. The maximum atomic E-state index is 5.51. The van der Waals surface area contributed by atoms with Crippen LogP contribution in [-0.2, 0) is 0 Å². The third kappa shape index (κ3) is 2.85. The quantitative estimate of drug-likeness (QED) is 0.574.